The Morgan fingerprint density at radius 1 is 1.12 bits per heavy atom. The van der Waals surface area contributed by atoms with Crippen molar-refractivity contribution in [1.82, 2.24) is 4.90 Å². The van der Waals surface area contributed by atoms with Crippen LogP contribution in [0.2, 0.25) is 0 Å². The van der Waals surface area contributed by atoms with Gasteiger partial charge in [0.25, 0.3) is 0 Å². The lowest BCUT2D eigenvalue weighted by Gasteiger charge is -2.33. The molecule has 4 heteroatoms. The fourth-order valence-corrected chi connectivity index (χ4v) is 6.70. The molecule has 168 valence electrons. The van der Waals surface area contributed by atoms with Crippen molar-refractivity contribution in [1.29, 1.82) is 0 Å². The Hall–Kier alpha value is -1.75. The summed E-state index contributed by atoms with van der Waals surface area (Å²) in [5.41, 5.74) is 5.27. The minimum Gasteiger partial charge on any atom is -0.494 e. The Balaban J connectivity index is 1.48. The minimum atomic E-state index is 0.767. The third-order valence-corrected chi connectivity index (χ3v) is 8.45. The Morgan fingerprint density at radius 3 is 2.97 bits per heavy atom. The fraction of sp³-hybridized carbons (Fsp3) is 0.429. The number of benzene rings is 2. The van der Waals surface area contributed by atoms with Crippen molar-refractivity contribution in [2.24, 2.45) is 0 Å². The predicted octanol–water partition coefficient (Wildman–Crippen LogP) is 8.07. The van der Waals surface area contributed by atoms with Gasteiger partial charge in [-0.05, 0) is 84.5 Å². The topological polar surface area (TPSA) is 12.5 Å². The van der Waals surface area contributed by atoms with Gasteiger partial charge in [0.1, 0.15) is 5.75 Å². The largest absolute Gasteiger partial charge is 0.494 e. The van der Waals surface area contributed by atoms with Crippen LogP contribution in [0, 0.1) is 0 Å². The first kappa shape index (κ1) is 22.1. The van der Waals surface area contributed by atoms with E-state index in [-0.39, 0.29) is 0 Å². The van der Waals surface area contributed by atoms with Crippen LogP contribution in [0.4, 0.5) is 0 Å². The van der Waals surface area contributed by atoms with Gasteiger partial charge in [-0.3, -0.25) is 4.90 Å². The van der Waals surface area contributed by atoms with Crippen LogP contribution in [-0.4, -0.2) is 30.6 Å². The van der Waals surface area contributed by atoms with E-state index >= 15 is 0 Å². The lowest BCUT2D eigenvalue weighted by Crippen LogP contribution is -2.38. The number of unbranched alkanes of at least 4 members (excludes halogenated alkanes) is 1. The fourth-order valence-electron chi connectivity index (χ4n) is 5.19. The van der Waals surface area contributed by atoms with Gasteiger partial charge in [0.15, 0.2) is 0 Å². The van der Waals surface area contributed by atoms with Crippen molar-refractivity contribution < 1.29 is 4.74 Å². The SMILES string of the molecule is CCCCOc1cccc(-c2ccc3scc(C4=CCN5CCCCC5CC4)c3c2S)c1. The molecule has 32 heavy (non-hydrogen) atoms. The highest BCUT2D eigenvalue weighted by Gasteiger charge is 2.25. The summed E-state index contributed by atoms with van der Waals surface area (Å²) in [6.07, 6.45) is 11.3. The number of thiol groups is 1. The molecule has 0 bridgehead atoms. The molecular weight excluding hydrogens is 430 g/mol. The molecule has 1 unspecified atom stereocenters. The predicted molar refractivity (Wildman–Crippen MR) is 141 cm³/mol. The van der Waals surface area contributed by atoms with Gasteiger partial charge in [-0.25, -0.2) is 0 Å². The van der Waals surface area contributed by atoms with Crippen LogP contribution < -0.4 is 4.74 Å². The summed E-state index contributed by atoms with van der Waals surface area (Å²) in [5.74, 6) is 0.942. The smallest absolute Gasteiger partial charge is 0.119 e. The first-order valence-corrected chi connectivity index (χ1v) is 13.5. The van der Waals surface area contributed by atoms with Crippen LogP contribution in [0.15, 0.2) is 52.7 Å². The summed E-state index contributed by atoms with van der Waals surface area (Å²) in [6.45, 7) is 5.32. The number of fused-ring (bicyclic) bond motifs is 2. The van der Waals surface area contributed by atoms with Gasteiger partial charge in [-0.1, -0.05) is 44.0 Å². The quantitative estimate of drug-likeness (QED) is 0.293. The number of hydrogen-bond acceptors (Lipinski definition) is 4. The van der Waals surface area contributed by atoms with Gasteiger partial charge in [0.05, 0.1) is 6.61 Å². The van der Waals surface area contributed by atoms with Crippen molar-refractivity contribution in [3.63, 3.8) is 0 Å². The highest BCUT2D eigenvalue weighted by molar-refractivity contribution is 7.80. The molecule has 2 nitrogen and oxygen atoms in total. The second-order valence-corrected chi connectivity index (χ2v) is 10.5. The summed E-state index contributed by atoms with van der Waals surface area (Å²) in [6, 6.07) is 13.7. The van der Waals surface area contributed by atoms with E-state index in [1.807, 2.05) is 11.3 Å². The molecule has 1 saturated heterocycles. The van der Waals surface area contributed by atoms with Gasteiger partial charge in [0, 0.05) is 27.6 Å². The van der Waals surface area contributed by atoms with Crippen LogP contribution in [0.3, 0.4) is 0 Å². The van der Waals surface area contributed by atoms with E-state index in [1.165, 1.54) is 71.0 Å². The molecule has 0 amide bonds. The number of thiophene rings is 1. The lowest BCUT2D eigenvalue weighted by molar-refractivity contribution is 0.161. The molecule has 0 saturated carbocycles. The van der Waals surface area contributed by atoms with E-state index in [4.69, 9.17) is 17.4 Å². The van der Waals surface area contributed by atoms with E-state index in [1.54, 1.807) is 0 Å². The third kappa shape index (κ3) is 4.50. The summed E-state index contributed by atoms with van der Waals surface area (Å²) < 4.78 is 7.29. The second kappa shape index (κ2) is 10.0. The van der Waals surface area contributed by atoms with Crippen LogP contribution in [0.1, 0.15) is 57.4 Å². The Labute approximate surface area is 201 Å². The van der Waals surface area contributed by atoms with E-state index in [9.17, 15) is 0 Å². The summed E-state index contributed by atoms with van der Waals surface area (Å²) in [4.78, 5) is 3.79. The Morgan fingerprint density at radius 2 is 2.06 bits per heavy atom. The maximum absolute atomic E-state index is 5.96. The third-order valence-electron chi connectivity index (χ3n) is 7.04. The summed E-state index contributed by atoms with van der Waals surface area (Å²) in [7, 11) is 0. The average molecular weight is 464 g/mol. The van der Waals surface area contributed by atoms with Crippen molar-refractivity contribution in [3.8, 4) is 16.9 Å². The van der Waals surface area contributed by atoms with Crippen molar-refractivity contribution in [2.75, 3.05) is 19.7 Å². The summed E-state index contributed by atoms with van der Waals surface area (Å²) in [5, 5.41) is 3.67. The average Bonchev–Trinajstić information content (AvgIpc) is 3.14. The molecular formula is C28H33NOS2. The highest BCUT2D eigenvalue weighted by atomic mass is 32.1. The molecule has 5 rings (SSSR count). The number of nitrogens with zero attached hydrogens (tertiary/aromatic N) is 1. The monoisotopic (exact) mass is 463 g/mol. The zero-order valence-electron chi connectivity index (χ0n) is 19.0. The molecule has 0 radical (unpaired) electrons. The molecule has 1 fully saturated rings. The van der Waals surface area contributed by atoms with Crippen LogP contribution in [-0.2, 0) is 0 Å². The molecule has 1 aromatic heterocycles. The van der Waals surface area contributed by atoms with Crippen LogP contribution >= 0.6 is 24.0 Å². The first-order valence-electron chi connectivity index (χ1n) is 12.1. The van der Waals surface area contributed by atoms with E-state index < -0.39 is 0 Å². The molecule has 2 aliphatic rings. The molecule has 3 heterocycles. The van der Waals surface area contributed by atoms with Gasteiger partial charge in [-0.15, -0.1) is 24.0 Å². The lowest BCUT2D eigenvalue weighted by atomic mass is 9.94. The zero-order valence-corrected chi connectivity index (χ0v) is 20.7. The number of allylic oxidation sites excluding steroid dienone is 1. The zero-order chi connectivity index (χ0) is 21.9. The van der Waals surface area contributed by atoms with Crippen molar-refractivity contribution in [2.45, 2.75) is 62.8 Å². The van der Waals surface area contributed by atoms with Gasteiger partial charge in [-0.2, -0.15) is 0 Å². The Kier molecular flexibility index (Phi) is 6.91. The van der Waals surface area contributed by atoms with Gasteiger partial charge < -0.3 is 4.74 Å². The maximum atomic E-state index is 5.96. The second-order valence-electron chi connectivity index (χ2n) is 9.13. The van der Waals surface area contributed by atoms with Crippen molar-refractivity contribution >= 4 is 39.6 Å². The standard InChI is InChI=1S/C28H33NOS2/c1-2-3-17-30-23-9-6-7-21(18-23)24-12-13-26-27(28(24)31)25(19-32-26)20-10-11-22-8-4-5-15-29(22)16-14-20/h6-7,9,12-14,18-19,22,31H,2-5,8,10-11,15-17H2,1H3. The highest BCUT2D eigenvalue weighted by Crippen LogP contribution is 2.42. The molecule has 0 aliphatic carbocycles. The molecule has 2 aromatic carbocycles. The number of hydrogen-bond donors (Lipinski definition) is 1. The first-order chi connectivity index (χ1) is 15.7. The molecule has 0 N–H and O–H groups in total. The van der Waals surface area contributed by atoms with E-state index in [0.29, 0.717) is 0 Å². The number of ether oxygens (including phenoxy) is 1. The van der Waals surface area contributed by atoms with Gasteiger partial charge >= 0.3 is 0 Å². The van der Waals surface area contributed by atoms with E-state index in [0.717, 1.165) is 42.7 Å². The van der Waals surface area contributed by atoms with Crippen LogP contribution in [0.5, 0.6) is 5.75 Å². The molecule has 3 aromatic rings. The minimum absolute atomic E-state index is 0.767. The molecule has 0 spiro atoms. The Bertz CT molecular complexity index is 1120. The normalized spacial score (nSPS) is 19.4. The number of piperidine rings is 1. The maximum Gasteiger partial charge on any atom is 0.119 e. The molecule has 2 aliphatic heterocycles. The van der Waals surface area contributed by atoms with Gasteiger partial charge in [0.2, 0.25) is 0 Å². The molecule has 1 atom stereocenters. The summed E-state index contributed by atoms with van der Waals surface area (Å²) >= 11 is 6.93. The van der Waals surface area contributed by atoms with Crippen molar-refractivity contribution in [3.05, 3.63) is 53.4 Å². The van der Waals surface area contributed by atoms with E-state index in [2.05, 4.69) is 59.7 Å². The van der Waals surface area contributed by atoms with Crippen LogP contribution in [0.25, 0.3) is 26.8 Å². The number of rotatable bonds is 6.